The summed E-state index contributed by atoms with van der Waals surface area (Å²) in [6.07, 6.45) is 4.76. The zero-order chi connectivity index (χ0) is 24.3. The molecule has 4 heteroatoms. The van der Waals surface area contributed by atoms with Gasteiger partial charge in [-0.3, -0.25) is 0 Å². The quantitative estimate of drug-likeness (QED) is 0.418. The summed E-state index contributed by atoms with van der Waals surface area (Å²) in [4.78, 5) is 26.7. The lowest BCUT2D eigenvalue weighted by atomic mass is 9.72. The van der Waals surface area contributed by atoms with E-state index in [0.717, 1.165) is 19.3 Å². The van der Waals surface area contributed by atoms with E-state index >= 15 is 0 Å². The Hall–Kier alpha value is -3.40. The Labute approximate surface area is 211 Å². The van der Waals surface area contributed by atoms with Crippen molar-refractivity contribution in [3.8, 4) is 0 Å². The van der Waals surface area contributed by atoms with Gasteiger partial charge in [-0.25, -0.2) is 9.59 Å². The fraction of sp³-hybridized carbons (Fsp3) is 0.375. The smallest absolute Gasteiger partial charge is 0.338 e. The predicted octanol–water partition coefficient (Wildman–Crippen LogP) is 6.21. The largest absolute Gasteiger partial charge is 0.454 e. The molecule has 0 radical (unpaired) electrons. The molecule has 3 aromatic carbocycles. The highest BCUT2D eigenvalue weighted by atomic mass is 16.6. The van der Waals surface area contributed by atoms with Crippen molar-refractivity contribution in [3.63, 3.8) is 0 Å². The van der Waals surface area contributed by atoms with Crippen molar-refractivity contribution in [2.45, 2.75) is 50.2 Å². The van der Waals surface area contributed by atoms with Crippen LogP contribution in [0.15, 0.2) is 84.9 Å². The number of fused-ring (bicyclic) bond motifs is 5. The van der Waals surface area contributed by atoms with E-state index in [1.54, 1.807) is 24.3 Å². The minimum absolute atomic E-state index is 0.0616. The number of esters is 2. The van der Waals surface area contributed by atoms with E-state index in [1.807, 2.05) is 36.4 Å². The molecule has 0 aromatic heterocycles. The molecule has 0 saturated heterocycles. The van der Waals surface area contributed by atoms with Gasteiger partial charge in [0.2, 0.25) is 0 Å². The first-order chi connectivity index (χ1) is 17.7. The van der Waals surface area contributed by atoms with Crippen LogP contribution in [0.25, 0.3) is 0 Å². The molecule has 4 aliphatic carbocycles. The molecule has 0 N–H and O–H groups in total. The zero-order valence-electron chi connectivity index (χ0n) is 20.2. The van der Waals surface area contributed by atoms with Gasteiger partial charge in [-0.05, 0) is 71.9 Å². The van der Waals surface area contributed by atoms with Crippen molar-refractivity contribution < 1.29 is 19.1 Å². The Balaban J connectivity index is 1.30. The molecule has 0 aliphatic heterocycles. The van der Waals surface area contributed by atoms with Crippen LogP contribution in [0.2, 0.25) is 0 Å². The highest BCUT2D eigenvalue weighted by Gasteiger charge is 2.74. The summed E-state index contributed by atoms with van der Waals surface area (Å²) in [5, 5.41) is 0. The summed E-state index contributed by atoms with van der Waals surface area (Å²) in [5.74, 6) is 0.484. The van der Waals surface area contributed by atoms with E-state index in [9.17, 15) is 9.59 Å². The van der Waals surface area contributed by atoms with E-state index in [1.165, 1.54) is 24.0 Å². The molecule has 3 fully saturated rings. The SMILES string of the molecule is O=C(OC1C(OC(=O)c2ccccc2)C2C3c4ccccc4CC3C1C21CCCC1)c1ccccc1. The van der Waals surface area contributed by atoms with Crippen LogP contribution in [-0.4, -0.2) is 24.1 Å². The summed E-state index contributed by atoms with van der Waals surface area (Å²) in [5.41, 5.74) is 3.96. The fourth-order valence-electron chi connectivity index (χ4n) is 8.50. The van der Waals surface area contributed by atoms with E-state index < -0.39 is 12.2 Å². The highest BCUT2D eigenvalue weighted by Crippen LogP contribution is 2.74. The van der Waals surface area contributed by atoms with E-state index in [2.05, 4.69) is 24.3 Å². The molecule has 7 rings (SSSR count). The molecule has 3 aromatic rings. The second kappa shape index (κ2) is 8.33. The van der Waals surface area contributed by atoms with Gasteiger partial charge in [0.1, 0.15) is 12.2 Å². The lowest BCUT2D eigenvalue weighted by Gasteiger charge is -2.37. The molecule has 0 heterocycles. The van der Waals surface area contributed by atoms with Crippen molar-refractivity contribution in [2.75, 3.05) is 0 Å². The molecule has 6 atom stereocenters. The van der Waals surface area contributed by atoms with Crippen molar-refractivity contribution in [1.82, 2.24) is 0 Å². The van der Waals surface area contributed by atoms with E-state index in [0.29, 0.717) is 23.0 Å². The fourth-order valence-corrected chi connectivity index (χ4v) is 8.50. The van der Waals surface area contributed by atoms with Gasteiger partial charge in [0, 0.05) is 11.8 Å². The molecule has 4 aliphatic rings. The topological polar surface area (TPSA) is 52.6 Å². The first kappa shape index (κ1) is 21.8. The molecule has 4 nitrogen and oxygen atoms in total. The monoisotopic (exact) mass is 478 g/mol. The second-order valence-corrected chi connectivity index (χ2v) is 11.1. The summed E-state index contributed by atoms with van der Waals surface area (Å²) in [7, 11) is 0. The van der Waals surface area contributed by atoms with Gasteiger partial charge in [-0.2, -0.15) is 0 Å². The Morgan fingerprint density at radius 3 is 1.81 bits per heavy atom. The van der Waals surface area contributed by atoms with Gasteiger partial charge >= 0.3 is 11.9 Å². The molecule has 3 saturated carbocycles. The number of hydrogen-bond acceptors (Lipinski definition) is 4. The van der Waals surface area contributed by atoms with Crippen LogP contribution in [0.5, 0.6) is 0 Å². The van der Waals surface area contributed by atoms with Crippen LogP contribution in [0.4, 0.5) is 0 Å². The molecular formula is C32H30O4. The van der Waals surface area contributed by atoms with Crippen molar-refractivity contribution in [3.05, 3.63) is 107 Å². The maximum atomic E-state index is 13.4. The minimum Gasteiger partial charge on any atom is -0.454 e. The number of rotatable bonds is 4. The third-order valence-corrected chi connectivity index (χ3v) is 9.58. The number of carbonyl (C=O) groups is 2. The van der Waals surface area contributed by atoms with Crippen molar-refractivity contribution in [1.29, 1.82) is 0 Å². The van der Waals surface area contributed by atoms with Crippen LogP contribution in [0.1, 0.15) is 63.4 Å². The van der Waals surface area contributed by atoms with Crippen molar-refractivity contribution >= 4 is 11.9 Å². The van der Waals surface area contributed by atoms with E-state index in [-0.39, 0.29) is 29.2 Å². The Bertz CT molecular complexity index is 1290. The first-order valence-electron chi connectivity index (χ1n) is 13.3. The lowest BCUT2D eigenvalue weighted by Crippen LogP contribution is -2.45. The summed E-state index contributed by atoms with van der Waals surface area (Å²) >= 11 is 0. The van der Waals surface area contributed by atoms with Gasteiger partial charge in [-0.1, -0.05) is 73.5 Å². The van der Waals surface area contributed by atoms with Crippen LogP contribution < -0.4 is 0 Å². The number of carbonyl (C=O) groups excluding carboxylic acids is 2. The minimum atomic E-state index is -0.444. The summed E-state index contributed by atoms with van der Waals surface area (Å²) in [6.45, 7) is 0. The number of hydrogen-bond donors (Lipinski definition) is 0. The van der Waals surface area contributed by atoms with Crippen molar-refractivity contribution in [2.24, 2.45) is 23.2 Å². The maximum Gasteiger partial charge on any atom is 0.338 e. The average Bonchev–Trinajstić information content (AvgIpc) is 3.66. The standard InChI is InChI=1S/C32H30O4/c33-30(20-11-3-1-4-12-20)35-28-26-24-19-22-15-7-8-16-23(22)25(24)27(32(26)17-9-10-18-32)29(28)36-31(34)21-13-5-2-6-14-21/h1-8,11-16,24-29H,9-10,17-19H2. The zero-order valence-corrected chi connectivity index (χ0v) is 20.2. The Morgan fingerprint density at radius 1 is 0.667 bits per heavy atom. The van der Waals surface area contributed by atoms with Crippen LogP contribution in [0.3, 0.4) is 0 Å². The third-order valence-electron chi connectivity index (χ3n) is 9.58. The van der Waals surface area contributed by atoms with E-state index in [4.69, 9.17) is 9.47 Å². The Morgan fingerprint density at radius 2 is 1.19 bits per heavy atom. The summed E-state index contributed by atoms with van der Waals surface area (Å²) < 4.78 is 12.7. The van der Waals surface area contributed by atoms with Gasteiger partial charge in [0.05, 0.1) is 11.1 Å². The lowest BCUT2D eigenvalue weighted by molar-refractivity contribution is -0.0699. The van der Waals surface area contributed by atoms with Crippen LogP contribution >= 0.6 is 0 Å². The van der Waals surface area contributed by atoms with Crippen LogP contribution in [-0.2, 0) is 15.9 Å². The van der Waals surface area contributed by atoms with Gasteiger partial charge < -0.3 is 9.47 Å². The number of benzene rings is 3. The highest BCUT2D eigenvalue weighted by molar-refractivity contribution is 5.90. The molecule has 0 amide bonds. The van der Waals surface area contributed by atoms with Crippen LogP contribution in [0, 0.1) is 23.2 Å². The van der Waals surface area contributed by atoms with Gasteiger partial charge in [-0.15, -0.1) is 0 Å². The average molecular weight is 479 g/mol. The second-order valence-electron chi connectivity index (χ2n) is 11.1. The van der Waals surface area contributed by atoms with Gasteiger partial charge in [0.15, 0.2) is 0 Å². The molecule has 182 valence electrons. The maximum absolute atomic E-state index is 13.4. The molecular weight excluding hydrogens is 448 g/mol. The number of ether oxygens (including phenoxy) is 2. The molecule has 2 bridgehead atoms. The molecule has 1 spiro atoms. The first-order valence-corrected chi connectivity index (χ1v) is 13.3. The summed E-state index contributed by atoms with van der Waals surface area (Å²) in [6, 6.07) is 27.1. The predicted molar refractivity (Wildman–Crippen MR) is 136 cm³/mol. The normalized spacial score (nSPS) is 30.7. The molecule has 6 unspecified atom stereocenters. The van der Waals surface area contributed by atoms with Gasteiger partial charge in [0.25, 0.3) is 0 Å². The Kier molecular flexibility index (Phi) is 5.06. The molecule has 36 heavy (non-hydrogen) atoms. The third kappa shape index (κ3) is 3.13.